The van der Waals surface area contributed by atoms with Gasteiger partial charge >= 0.3 is 0 Å². The quantitative estimate of drug-likeness (QED) is 0.214. The standard InChI is InChI=1S/C28H29BrClN3O4/c1-4-36-24-15-20(14-23(29)26(24)37-17-19-10-12-22(30)13-11-19)16-31-33-28(35)25(18(2)3)32-27(34)21-8-6-5-7-9-21/h5-16,18,25H,4,17H2,1-3H3,(H,32,34)(H,33,35). The predicted octanol–water partition coefficient (Wildman–Crippen LogP) is 5.98. The maximum absolute atomic E-state index is 12.8. The van der Waals surface area contributed by atoms with Crippen molar-refractivity contribution in [3.05, 3.63) is 92.9 Å². The van der Waals surface area contributed by atoms with E-state index in [0.29, 0.717) is 45.3 Å². The molecule has 1 atom stereocenters. The highest BCUT2D eigenvalue weighted by Gasteiger charge is 2.24. The zero-order valence-corrected chi connectivity index (χ0v) is 23.2. The molecule has 194 valence electrons. The molecule has 3 aromatic rings. The van der Waals surface area contributed by atoms with E-state index < -0.39 is 11.9 Å². The highest BCUT2D eigenvalue weighted by molar-refractivity contribution is 9.10. The first kappa shape index (κ1) is 28.2. The summed E-state index contributed by atoms with van der Waals surface area (Å²) in [6, 6.07) is 19.0. The summed E-state index contributed by atoms with van der Waals surface area (Å²) in [7, 11) is 0. The molecule has 1 unspecified atom stereocenters. The van der Waals surface area contributed by atoms with Crippen LogP contribution in [-0.2, 0) is 11.4 Å². The highest BCUT2D eigenvalue weighted by atomic mass is 79.9. The third-order valence-corrected chi connectivity index (χ3v) is 6.13. The first-order chi connectivity index (χ1) is 17.8. The van der Waals surface area contributed by atoms with Gasteiger partial charge in [-0.3, -0.25) is 9.59 Å². The zero-order valence-electron chi connectivity index (χ0n) is 20.8. The van der Waals surface area contributed by atoms with Crippen molar-refractivity contribution < 1.29 is 19.1 Å². The van der Waals surface area contributed by atoms with Crippen molar-refractivity contribution >= 4 is 45.6 Å². The molecule has 0 radical (unpaired) electrons. The lowest BCUT2D eigenvalue weighted by atomic mass is 10.0. The molecule has 0 aliphatic carbocycles. The van der Waals surface area contributed by atoms with E-state index in [0.717, 1.165) is 5.56 Å². The van der Waals surface area contributed by atoms with Crippen LogP contribution in [0.1, 0.15) is 42.3 Å². The van der Waals surface area contributed by atoms with Crippen LogP contribution in [0.2, 0.25) is 5.02 Å². The van der Waals surface area contributed by atoms with E-state index in [2.05, 4.69) is 31.8 Å². The first-order valence-electron chi connectivity index (χ1n) is 11.8. The van der Waals surface area contributed by atoms with E-state index in [1.807, 2.05) is 57.2 Å². The smallest absolute Gasteiger partial charge is 0.262 e. The Kier molecular flexibility index (Phi) is 10.5. The molecular formula is C28H29BrClN3O4. The van der Waals surface area contributed by atoms with Gasteiger partial charge in [0.05, 0.1) is 17.3 Å². The number of carbonyl (C=O) groups is 2. The van der Waals surface area contributed by atoms with Crippen LogP contribution < -0.4 is 20.2 Å². The Morgan fingerprint density at radius 1 is 1.05 bits per heavy atom. The average Bonchev–Trinajstić information content (AvgIpc) is 2.88. The zero-order chi connectivity index (χ0) is 26.8. The highest BCUT2D eigenvalue weighted by Crippen LogP contribution is 2.37. The molecule has 0 aliphatic rings. The summed E-state index contributed by atoms with van der Waals surface area (Å²) < 4.78 is 12.5. The van der Waals surface area contributed by atoms with Crippen molar-refractivity contribution in [2.75, 3.05) is 6.61 Å². The summed E-state index contributed by atoms with van der Waals surface area (Å²) in [5.74, 6) is 0.217. The molecule has 2 amide bonds. The molecule has 2 N–H and O–H groups in total. The third-order valence-electron chi connectivity index (χ3n) is 5.29. The van der Waals surface area contributed by atoms with Crippen molar-refractivity contribution in [1.29, 1.82) is 0 Å². The molecule has 3 aromatic carbocycles. The maximum Gasteiger partial charge on any atom is 0.262 e. The van der Waals surface area contributed by atoms with Gasteiger partial charge in [-0.2, -0.15) is 5.10 Å². The van der Waals surface area contributed by atoms with Crippen LogP contribution in [0.25, 0.3) is 0 Å². The number of hydrogen-bond donors (Lipinski definition) is 2. The molecule has 37 heavy (non-hydrogen) atoms. The summed E-state index contributed by atoms with van der Waals surface area (Å²) >= 11 is 9.50. The van der Waals surface area contributed by atoms with Crippen LogP contribution >= 0.6 is 27.5 Å². The lowest BCUT2D eigenvalue weighted by molar-refractivity contribution is -0.123. The Labute approximate surface area is 230 Å². The average molecular weight is 587 g/mol. The Bertz CT molecular complexity index is 1230. The molecule has 0 aromatic heterocycles. The number of ether oxygens (including phenoxy) is 2. The van der Waals surface area contributed by atoms with E-state index in [1.165, 1.54) is 6.21 Å². The van der Waals surface area contributed by atoms with Gasteiger partial charge in [0.2, 0.25) is 0 Å². The van der Waals surface area contributed by atoms with Gasteiger partial charge in [0.1, 0.15) is 12.6 Å². The van der Waals surface area contributed by atoms with Crippen LogP contribution in [0.4, 0.5) is 0 Å². The SMILES string of the molecule is CCOc1cc(C=NNC(=O)C(NC(=O)c2ccccc2)C(C)C)cc(Br)c1OCc1ccc(Cl)cc1. The molecule has 3 rings (SSSR count). The number of nitrogens with zero attached hydrogens (tertiary/aromatic N) is 1. The fourth-order valence-electron chi connectivity index (χ4n) is 3.39. The molecule has 0 saturated heterocycles. The minimum atomic E-state index is -0.751. The number of hydrazone groups is 1. The molecule has 0 fully saturated rings. The van der Waals surface area contributed by atoms with Crippen molar-refractivity contribution in [2.24, 2.45) is 11.0 Å². The molecule has 0 saturated carbocycles. The number of rotatable bonds is 11. The minimum Gasteiger partial charge on any atom is -0.490 e. The normalized spacial score (nSPS) is 11.8. The fraction of sp³-hybridized carbons (Fsp3) is 0.250. The Morgan fingerprint density at radius 2 is 1.76 bits per heavy atom. The van der Waals surface area contributed by atoms with Gasteiger partial charge in [0, 0.05) is 10.6 Å². The Morgan fingerprint density at radius 3 is 2.41 bits per heavy atom. The van der Waals surface area contributed by atoms with E-state index in [1.54, 1.807) is 30.3 Å². The van der Waals surface area contributed by atoms with Crippen molar-refractivity contribution in [2.45, 2.75) is 33.4 Å². The molecule has 0 heterocycles. The van der Waals surface area contributed by atoms with Gasteiger partial charge in [-0.05, 0) is 76.3 Å². The molecule has 0 aliphatic heterocycles. The van der Waals surface area contributed by atoms with Crippen LogP contribution in [0.5, 0.6) is 11.5 Å². The largest absolute Gasteiger partial charge is 0.490 e. The van der Waals surface area contributed by atoms with E-state index in [-0.39, 0.29) is 11.8 Å². The molecule has 0 spiro atoms. The predicted molar refractivity (Wildman–Crippen MR) is 149 cm³/mol. The summed E-state index contributed by atoms with van der Waals surface area (Å²) in [5, 5.41) is 7.53. The lowest BCUT2D eigenvalue weighted by Gasteiger charge is -2.20. The second-order valence-electron chi connectivity index (χ2n) is 8.47. The van der Waals surface area contributed by atoms with E-state index in [4.69, 9.17) is 21.1 Å². The van der Waals surface area contributed by atoms with Crippen LogP contribution in [0.15, 0.2) is 76.3 Å². The van der Waals surface area contributed by atoms with Gasteiger partial charge in [0.15, 0.2) is 11.5 Å². The minimum absolute atomic E-state index is 0.140. The number of carbonyl (C=O) groups excluding carboxylic acids is 2. The van der Waals surface area contributed by atoms with Crippen molar-refractivity contribution in [1.82, 2.24) is 10.7 Å². The van der Waals surface area contributed by atoms with E-state index >= 15 is 0 Å². The number of halogens is 2. The van der Waals surface area contributed by atoms with Gasteiger partial charge in [-0.25, -0.2) is 5.43 Å². The van der Waals surface area contributed by atoms with E-state index in [9.17, 15) is 9.59 Å². The monoisotopic (exact) mass is 585 g/mol. The number of nitrogens with one attached hydrogen (secondary N) is 2. The summed E-state index contributed by atoms with van der Waals surface area (Å²) in [5.41, 5.74) is 4.65. The van der Waals surface area contributed by atoms with Crippen LogP contribution in [0.3, 0.4) is 0 Å². The summed E-state index contributed by atoms with van der Waals surface area (Å²) in [6.45, 7) is 6.37. The fourth-order valence-corrected chi connectivity index (χ4v) is 4.09. The second-order valence-corrected chi connectivity index (χ2v) is 9.76. The van der Waals surface area contributed by atoms with Crippen LogP contribution in [-0.4, -0.2) is 30.7 Å². The van der Waals surface area contributed by atoms with Crippen molar-refractivity contribution in [3.8, 4) is 11.5 Å². The third kappa shape index (κ3) is 8.33. The molecule has 9 heteroatoms. The first-order valence-corrected chi connectivity index (χ1v) is 13.0. The van der Waals surface area contributed by atoms with Gasteiger partial charge < -0.3 is 14.8 Å². The lowest BCUT2D eigenvalue weighted by Crippen LogP contribution is -2.48. The van der Waals surface area contributed by atoms with Gasteiger partial charge in [-0.1, -0.05) is 55.8 Å². The molecule has 7 nitrogen and oxygen atoms in total. The van der Waals surface area contributed by atoms with Gasteiger partial charge in [0.25, 0.3) is 11.8 Å². The number of benzene rings is 3. The topological polar surface area (TPSA) is 89.0 Å². The summed E-state index contributed by atoms with van der Waals surface area (Å²) in [4.78, 5) is 25.3. The molecular weight excluding hydrogens is 558 g/mol. The summed E-state index contributed by atoms with van der Waals surface area (Å²) in [6.07, 6.45) is 1.50. The second kappa shape index (κ2) is 13.8. The van der Waals surface area contributed by atoms with Gasteiger partial charge in [-0.15, -0.1) is 0 Å². The number of amides is 2. The van der Waals surface area contributed by atoms with Crippen LogP contribution in [0, 0.1) is 5.92 Å². The molecule has 0 bridgehead atoms. The number of hydrogen-bond acceptors (Lipinski definition) is 5. The Hall–Kier alpha value is -3.36. The maximum atomic E-state index is 12.8. The van der Waals surface area contributed by atoms with Crippen molar-refractivity contribution in [3.63, 3.8) is 0 Å². The Balaban J connectivity index is 1.67.